The molecular weight excluding hydrogens is 627 g/mol. The molecule has 2 heterocycles. The number of carbonyl (C=O) groups excluding carboxylic acids is 2. The number of piperidine rings is 1. The summed E-state index contributed by atoms with van der Waals surface area (Å²) in [4.78, 5) is 33.3. The van der Waals surface area contributed by atoms with Crippen LogP contribution in [0.25, 0.3) is 11.0 Å². The molecule has 1 aromatic heterocycles. The van der Waals surface area contributed by atoms with E-state index in [9.17, 15) is 9.59 Å². The minimum absolute atomic E-state index is 0. The standard InChI is InChI=1S/C30H32Cl2N8O3.ClH/c1-17-35-24-11-12-25(21(27(24)36-17)10-7-18-5-8-19(9-6-18)28(33)34)43-30(42)39-40-15-13-20(14-16-40)37-29(41)38-23-4-2-3-22(31)26(23)32;/h2-6,8-9,11-12,20H,7,10,13-16H2,1H3,(H3,33,34)(H,35,36)(H,39,42)(H2,37,38,41);1H. The molecule has 0 atom stereocenters. The maximum atomic E-state index is 12.9. The Hall–Kier alpha value is -4.03. The Kier molecular flexibility index (Phi) is 10.9. The van der Waals surface area contributed by atoms with Crippen LogP contribution in [-0.4, -0.2) is 52.1 Å². The average Bonchev–Trinajstić information content (AvgIpc) is 3.36. The molecule has 1 aliphatic heterocycles. The van der Waals surface area contributed by atoms with Gasteiger partial charge in [-0.3, -0.25) is 10.8 Å². The van der Waals surface area contributed by atoms with Gasteiger partial charge < -0.3 is 26.1 Å². The summed E-state index contributed by atoms with van der Waals surface area (Å²) in [6.45, 7) is 2.93. The van der Waals surface area contributed by atoms with E-state index in [1.54, 1.807) is 29.3 Å². The Morgan fingerprint density at radius 3 is 2.52 bits per heavy atom. The third-order valence-corrected chi connectivity index (χ3v) is 8.06. The molecule has 44 heavy (non-hydrogen) atoms. The predicted molar refractivity (Wildman–Crippen MR) is 175 cm³/mol. The first-order valence-corrected chi connectivity index (χ1v) is 14.6. The van der Waals surface area contributed by atoms with E-state index in [0.29, 0.717) is 60.8 Å². The van der Waals surface area contributed by atoms with Crippen LogP contribution in [0.5, 0.6) is 5.75 Å². The van der Waals surface area contributed by atoms with Crippen molar-refractivity contribution < 1.29 is 14.3 Å². The van der Waals surface area contributed by atoms with Crippen molar-refractivity contribution in [1.82, 2.24) is 25.7 Å². The van der Waals surface area contributed by atoms with Crippen molar-refractivity contribution in [3.8, 4) is 5.75 Å². The van der Waals surface area contributed by atoms with Crippen molar-refractivity contribution in [2.45, 2.75) is 38.6 Å². The molecule has 3 amide bonds. The molecule has 0 unspecified atom stereocenters. The van der Waals surface area contributed by atoms with Crippen LogP contribution in [-0.2, 0) is 12.8 Å². The Balaban J connectivity index is 0.00000442. The number of imidazole rings is 1. The summed E-state index contributed by atoms with van der Waals surface area (Å²) in [5.41, 5.74) is 13.0. The molecule has 0 aliphatic carbocycles. The van der Waals surface area contributed by atoms with Gasteiger partial charge in [0.2, 0.25) is 0 Å². The molecule has 7 N–H and O–H groups in total. The highest BCUT2D eigenvalue weighted by Crippen LogP contribution is 2.30. The van der Waals surface area contributed by atoms with E-state index in [-0.39, 0.29) is 35.3 Å². The number of aryl methyl sites for hydroxylation is 3. The second-order valence-electron chi connectivity index (χ2n) is 10.3. The largest absolute Gasteiger partial charge is 0.427 e. The monoisotopic (exact) mass is 658 g/mol. The van der Waals surface area contributed by atoms with Gasteiger partial charge in [-0.15, -0.1) is 12.4 Å². The van der Waals surface area contributed by atoms with Crippen molar-refractivity contribution in [2.24, 2.45) is 5.73 Å². The number of fused-ring (bicyclic) bond motifs is 1. The highest BCUT2D eigenvalue weighted by molar-refractivity contribution is 6.43. The number of nitrogens with two attached hydrogens (primary N) is 1. The number of nitrogens with one attached hydrogen (secondary N) is 5. The number of H-pyrrole nitrogens is 1. The number of hydrazine groups is 1. The summed E-state index contributed by atoms with van der Waals surface area (Å²) in [5.74, 6) is 1.23. The van der Waals surface area contributed by atoms with Crippen molar-refractivity contribution in [1.29, 1.82) is 5.41 Å². The maximum absolute atomic E-state index is 12.9. The van der Waals surface area contributed by atoms with Crippen LogP contribution in [0.3, 0.4) is 0 Å². The van der Waals surface area contributed by atoms with Crippen molar-refractivity contribution in [3.63, 3.8) is 0 Å². The number of urea groups is 1. The number of amidine groups is 1. The van der Waals surface area contributed by atoms with Gasteiger partial charge in [0, 0.05) is 30.3 Å². The first kappa shape index (κ1) is 32.9. The minimum atomic E-state index is -0.599. The lowest BCUT2D eigenvalue weighted by molar-refractivity contribution is 0.119. The predicted octanol–water partition coefficient (Wildman–Crippen LogP) is 5.96. The van der Waals surface area contributed by atoms with E-state index in [0.717, 1.165) is 28.0 Å². The lowest BCUT2D eigenvalue weighted by Gasteiger charge is -2.32. The first-order valence-electron chi connectivity index (χ1n) is 13.8. The van der Waals surface area contributed by atoms with Crippen molar-refractivity contribution in [3.05, 3.63) is 87.2 Å². The third-order valence-electron chi connectivity index (χ3n) is 7.25. The molecule has 11 nitrogen and oxygen atoms in total. The zero-order valence-corrected chi connectivity index (χ0v) is 26.2. The molecule has 4 aromatic rings. The second kappa shape index (κ2) is 14.6. The number of aromatic amines is 1. The van der Waals surface area contributed by atoms with Gasteiger partial charge >= 0.3 is 12.1 Å². The quantitative estimate of drug-likeness (QED) is 0.101. The third kappa shape index (κ3) is 8.11. The SMILES string of the molecule is Cc1nc2c(CCc3ccc(C(=N)N)cc3)c(OC(=O)NN3CCC(NC(=O)Nc4cccc(Cl)c4Cl)CC3)ccc2[nH]1.Cl. The molecule has 0 spiro atoms. The number of aromatic nitrogens is 2. The fourth-order valence-corrected chi connectivity index (χ4v) is 5.37. The van der Waals surface area contributed by atoms with Gasteiger partial charge in [-0.2, -0.15) is 0 Å². The lowest BCUT2D eigenvalue weighted by Crippen LogP contribution is -2.52. The van der Waals surface area contributed by atoms with Crippen molar-refractivity contribution >= 4 is 70.3 Å². The molecule has 232 valence electrons. The van der Waals surface area contributed by atoms with Crippen LogP contribution in [0.1, 0.15) is 35.4 Å². The van der Waals surface area contributed by atoms with Gasteiger partial charge in [-0.25, -0.2) is 19.6 Å². The number of hydrogen-bond acceptors (Lipinski definition) is 6. The van der Waals surface area contributed by atoms with Gasteiger partial charge in [0.05, 0.1) is 26.8 Å². The van der Waals surface area contributed by atoms with Gasteiger partial charge in [0.15, 0.2) is 0 Å². The van der Waals surface area contributed by atoms with Crippen LogP contribution < -0.4 is 26.5 Å². The lowest BCUT2D eigenvalue weighted by atomic mass is 10.0. The minimum Gasteiger partial charge on any atom is -0.409 e. The zero-order valence-electron chi connectivity index (χ0n) is 23.9. The van der Waals surface area contributed by atoms with Crippen LogP contribution >= 0.6 is 35.6 Å². The fraction of sp³-hybridized carbons (Fsp3) is 0.267. The molecule has 0 radical (unpaired) electrons. The van der Waals surface area contributed by atoms with E-state index in [1.807, 2.05) is 37.3 Å². The van der Waals surface area contributed by atoms with Crippen LogP contribution in [0.2, 0.25) is 10.0 Å². The smallest absolute Gasteiger partial charge is 0.409 e. The molecule has 14 heteroatoms. The highest BCUT2D eigenvalue weighted by atomic mass is 35.5. The number of nitrogen functional groups attached to an aromatic ring is 1. The van der Waals surface area contributed by atoms with Gasteiger partial charge in [-0.1, -0.05) is 53.5 Å². The summed E-state index contributed by atoms with van der Waals surface area (Å²) in [6.07, 6.45) is 1.92. The summed E-state index contributed by atoms with van der Waals surface area (Å²) in [6, 6.07) is 15.7. The van der Waals surface area contributed by atoms with E-state index < -0.39 is 6.09 Å². The molecular formula is C30H33Cl3N8O3. The Morgan fingerprint density at radius 1 is 1.09 bits per heavy atom. The average molecular weight is 660 g/mol. The number of anilines is 1. The van der Waals surface area contributed by atoms with Gasteiger partial charge in [0.25, 0.3) is 0 Å². The number of carbonyl (C=O) groups is 2. The second-order valence-corrected chi connectivity index (χ2v) is 11.1. The zero-order chi connectivity index (χ0) is 30.5. The van der Waals surface area contributed by atoms with Gasteiger partial charge in [0.1, 0.15) is 17.4 Å². The summed E-state index contributed by atoms with van der Waals surface area (Å²) in [5, 5.41) is 15.7. The van der Waals surface area contributed by atoms with Crippen LogP contribution in [0.4, 0.5) is 15.3 Å². The summed E-state index contributed by atoms with van der Waals surface area (Å²) < 4.78 is 5.79. The normalized spacial score (nSPS) is 13.6. The first-order chi connectivity index (χ1) is 20.7. The number of rotatable bonds is 8. The summed E-state index contributed by atoms with van der Waals surface area (Å²) >= 11 is 12.2. The highest BCUT2D eigenvalue weighted by Gasteiger charge is 2.23. The number of amides is 3. The maximum Gasteiger partial charge on any atom is 0.427 e. The van der Waals surface area contributed by atoms with E-state index in [4.69, 9.17) is 39.1 Å². The van der Waals surface area contributed by atoms with Crippen LogP contribution in [0, 0.1) is 12.3 Å². The number of hydrogen-bond donors (Lipinski definition) is 6. The topological polar surface area (TPSA) is 161 Å². The van der Waals surface area contributed by atoms with Crippen LogP contribution in [0.15, 0.2) is 54.6 Å². The number of halogens is 3. The molecule has 1 saturated heterocycles. The van der Waals surface area contributed by atoms with Gasteiger partial charge in [-0.05, 0) is 62.4 Å². The molecule has 0 bridgehead atoms. The summed E-state index contributed by atoms with van der Waals surface area (Å²) in [7, 11) is 0. The molecule has 1 aliphatic rings. The van der Waals surface area contributed by atoms with E-state index >= 15 is 0 Å². The molecule has 0 saturated carbocycles. The number of benzene rings is 3. The molecule has 1 fully saturated rings. The fourth-order valence-electron chi connectivity index (χ4n) is 5.03. The Bertz CT molecular complexity index is 1650. The van der Waals surface area contributed by atoms with E-state index in [1.165, 1.54) is 0 Å². The Morgan fingerprint density at radius 2 is 1.82 bits per heavy atom. The number of ether oxygens (including phenoxy) is 1. The molecule has 5 rings (SSSR count). The van der Waals surface area contributed by atoms with Crippen molar-refractivity contribution in [2.75, 3.05) is 18.4 Å². The van der Waals surface area contributed by atoms with E-state index in [2.05, 4.69) is 26.0 Å². The molecule has 3 aromatic carbocycles. The Labute approximate surface area is 270 Å². The number of nitrogens with zero attached hydrogens (tertiary/aromatic N) is 2.